The molecule has 0 radical (unpaired) electrons. The predicted molar refractivity (Wildman–Crippen MR) is 62.3 cm³/mol. The van der Waals surface area contributed by atoms with Crippen molar-refractivity contribution in [3.05, 3.63) is 40.4 Å². The molecule has 1 saturated heterocycles. The fourth-order valence-corrected chi connectivity index (χ4v) is 1.79. The minimum atomic E-state index is -0.0656. The van der Waals surface area contributed by atoms with Gasteiger partial charge in [-0.3, -0.25) is 4.79 Å². The first-order valence-corrected chi connectivity index (χ1v) is 5.57. The molecule has 1 fully saturated rings. The van der Waals surface area contributed by atoms with Gasteiger partial charge in [-0.15, -0.1) is 5.10 Å². The second-order valence-corrected chi connectivity index (χ2v) is 4.19. The lowest BCUT2D eigenvalue weighted by molar-refractivity contribution is 0.305. The van der Waals surface area contributed by atoms with E-state index in [2.05, 4.69) is 15.5 Å². The van der Waals surface area contributed by atoms with Crippen molar-refractivity contribution >= 4 is 0 Å². The minimum Gasteiger partial charge on any atom is -0.312 e. The Kier molecular flexibility index (Phi) is 2.29. The Morgan fingerprint density at radius 3 is 2.71 bits per heavy atom. The lowest BCUT2D eigenvalue weighted by Crippen LogP contribution is -2.47. The van der Waals surface area contributed by atoms with Gasteiger partial charge in [0.05, 0.1) is 11.7 Å². The zero-order valence-electron chi connectivity index (χ0n) is 9.50. The quantitative estimate of drug-likeness (QED) is 0.782. The number of nitrogens with zero attached hydrogens (tertiary/aromatic N) is 4. The van der Waals surface area contributed by atoms with E-state index < -0.39 is 0 Å². The van der Waals surface area contributed by atoms with Gasteiger partial charge in [-0.25, -0.2) is 9.36 Å². The van der Waals surface area contributed by atoms with Crippen molar-refractivity contribution in [1.82, 2.24) is 24.9 Å². The summed E-state index contributed by atoms with van der Waals surface area (Å²) in [6.07, 6.45) is 1.84. The summed E-state index contributed by atoms with van der Waals surface area (Å²) < 4.78 is 3.21. The molecule has 0 aliphatic carbocycles. The van der Waals surface area contributed by atoms with Gasteiger partial charge in [0, 0.05) is 25.4 Å². The Morgan fingerprint density at radius 2 is 2.12 bits per heavy atom. The number of nitrogens with one attached hydrogen (secondary N) is 1. The van der Waals surface area contributed by atoms with Crippen LogP contribution >= 0.6 is 0 Å². The van der Waals surface area contributed by atoms with E-state index in [-0.39, 0.29) is 11.6 Å². The number of aryl methyl sites for hydroxylation is 1. The molecule has 88 valence electrons. The van der Waals surface area contributed by atoms with Crippen molar-refractivity contribution in [3.8, 4) is 5.82 Å². The van der Waals surface area contributed by atoms with Gasteiger partial charge in [0.25, 0.3) is 5.56 Å². The number of hydrogen-bond acceptors (Lipinski definition) is 4. The van der Waals surface area contributed by atoms with Gasteiger partial charge >= 0.3 is 0 Å². The van der Waals surface area contributed by atoms with E-state index >= 15 is 0 Å². The van der Waals surface area contributed by atoms with Gasteiger partial charge in [-0.1, -0.05) is 0 Å². The van der Waals surface area contributed by atoms with Crippen LogP contribution in [0.2, 0.25) is 0 Å². The third kappa shape index (κ3) is 1.76. The molecule has 2 aromatic rings. The number of rotatable bonds is 2. The number of aromatic nitrogens is 4. The Labute approximate surface area is 97.9 Å². The maximum atomic E-state index is 11.7. The Balaban J connectivity index is 2.03. The second-order valence-electron chi connectivity index (χ2n) is 4.19. The van der Waals surface area contributed by atoms with Crippen LogP contribution in [0, 0.1) is 6.92 Å². The molecule has 0 aromatic carbocycles. The predicted octanol–water partition coefficient (Wildman–Crippen LogP) is -0.118. The summed E-state index contributed by atoms with van der Waals surface area (Å²) in [4.78, 5) is 11.7. The third-order valence-electron chi connectivity index (χ3n) is 2.87. The van der Waals surface area contributed by atoms with Crippen LogP contribution in [0.5, 0.6) is 0 Å². The normalized spacial score (nSPS) is 15.8. The molecular formula is C11H13N5O. The molecule has 1 N–H and O–H groups in total. The summed E-state index contributed by atoms with van der Waals surface area (Å²) in [5.41, 5.74) is 0.860. The highest BCUT2D eigenvalue weighted by Crippen LogP contribution is 2.08. The van der Waals surface area contributed by atoms with Crippen LogP contribution in [0.1, 0.15) is 11.7 Å². The highest BCUT2D eigenvalue weighted by Gasteiger charge is 2.21. The zero-order chi connectivity index (χ0) is 11.8. The van der Waals surface area contributed by atoms with Gasteiger partial charge in [0.2, 0.25) is 0 Å². The van der Waals surface area contributed by atoms with Gasteiger partial charge < -0.3 is 5.32 Å². The molecule has 0 spiro atoms. The topological polar surface area (TPSA) is 64.7 Å². The van der Waals surface area contributed by atoms with Gasteiger partial charge in [-0.2, -0.15) is 5.10 Å². The molecule has 1 aliphatic rings. The van der Waals surface area contributed by atoms with E-state index in [9.17, 15) is 4.79 Å². The average molecular weight is 231 g/mol. The maximum absolute atomic E-state index is 11.7. The lowest BCUT2D eigenvalue weighted by atomic mass is 10.2. The van der Waals surface area contributed by atoms with Crippen LogP contribution < -0.4 is 10.9 Å². The van der Waals surface area contributed by atoms with Crippen molar-refractivity contribution in [2.24, 2.45) is 0 Å². The van der Waals surface area contributed by atoms with Crippen LogP contribution in [0.15, 0.2) is 29.2 Å². The first kappa shape index (κ1) is 10.2. The van der Waals surface area contributed by atoms with Crippen LogP contribution in [-0.4, -0.2) is 32.7 Å². The van der Waals surface area contributed by atoms with E-state index in [1.807, 2.05) is 19.2 Å². The molecule has 1 aliphatic heterocycles. The molecule has 3 rings (SSSR count). The standard InChI is InChI=1S/C11H13N5O/c1-8-4-5-15(13-8)10-2-3-11(17)16(14-10)9-6-12-7-9/h2-5,9,12H,6-7H2,1H3. The summed E-state index contributed by atoms with van der Waals surface area (Å²) >= 11 is 0. The van der Waals surface area contributed by atoms with Crippen molar-refractivity contribution in [2.75, 3.05) is 13.1 Å². The molecular weight excluding hydrogens is 218 g/mol. The molecule has 0 bridgehead atoms. The molecule has 2 aromatic heterocycles. The van der Waals surface area contributed by atoms with Gasteiger partial charge in [-0.05, 0) is 19.1 Å². The highest BCUT2D eigenvalue weighted by molar-refractivity contribution is 5.19. The summed E-state index contributed by atoms with van der Waals surface area (Å²) in [6, 6.07) is 5.30. The maximum Gasteiger partial charge on any atom is 0.267 e. The van der Waals surface area contributed by atoms with Crippen LogP contribution in [0.4, 0.5) is 0 Å². The van der Waals surface area contributed by atoms with Crippen LogP contribution in [0.3, 0.4) is 0 Å². The molecule has 0 unspecified atom stereocenters. The lowest BCUT2D eigenvalue weighted by Gasteiger charge is -2.27. The smallest absolute Gasteiger partial charge is 0.267 e. The molecule has 0 amide bonds. The first-order valence-electron chi connectivity index (χ1n) is 5.57. The van der Waals surface area contributed by atoms with Crippen molar-refractivity contribution in [2.45, 2.75) is 13.0 Å². The molecule has 6 nitrogen and oxygen atoms in total. The van der Waals surface area contributed by atoms with Crippen LogP contribution in [0.25, 0.3) is 5.82 Å². The van der Waals surface area contributed by atoms with Crippen molar-refractivity contribution in [3.63, 3.8) is 0 Å². The summed E-state index contributed by atoms with van der Waals surface area (Å²) in [5, 5.41) is 11.7. The summed E-state index contributed by atoms with van der Waals surface area (Å²) in [7, 11) is 0. The Morgan fingerprint density at radius 1 is 1.29 bits per heavy atom. The minimum absolute atomic E-state index is 0.0656. The zero-order valence-corrected chi connectivity index (χ0v) is 9.50. The molecule has 0 saturated carbocycles. The Hall–Kier alpha value is -1.95. The van der Waals surface area contributed by atoms with E-state index in [1.54, 1.807) is 10.7 Å². The average Bonchev–Trinajstić information content (AvgIpc) is 2.65. The van der Waals surface area contributed by atoms with Crippen molar-refractivity contribution in [1.29, 1.82) is 0 Å². The van der Waals surface area contributed by atoms with Gasteiger partial charge in [0.15, 0.2) is 5.82 Å². The Bertz CT molecular complexity index is 596. The fraction of sp³-hybridized carbons (Fsp3) is 0.364. The molecule has 3 heterocycles. The van der Waals surface area contributed by atoms with E-state index in [0.29, 0.717) is 5.82 Å². The fourth-order valence-electron chi connectivity index (χ4n) is 1.79. The molecule has 0 atom stereocenters. The van der Waals surface area contributed by atoms with E-state index in [4.69, 9.17) is 0 Å². The highest BCUT2D eigenvalue weighted by atomic mass is 16.1. The van der Waals surface area contributed by atoms with Gasteiger partial charge in [0.1, 0.15) is 0 Å². The van der Waals surface area contributed by atoms with E-state index in [1.165, 1.54) is 10.7 Å². The van der Waals surface area contributed by atoms with E-state index in [0.717, 1.165) is 18.8 Å². The molecule has 17 heavy (non-hydrogen) atoms. The monoisotopic (exact) mass is 231 g/mol. The van der Waals surface area contributed by atoms with Crippen molar-refractivity contribution < 1.29 is 0 Å². The summed E-state index contributed by atoms with van der Waals surface area (Å²) in [5.74, 6) is 0.671. The third-order valence-corrected chi connectivity index (χ3v) is 2.87. The largest absolute Gasteiger partial charge is 0.312 e. The first-order chi connectivity index (χ1) is 8.24. The van der Waals surface area contributed by atoms with Crippen LogP contribution in [-0.2, 0) is 0 Å². The summed E-state index contributed by atoms with van der Waals surface area (Å²) in [6.45, 7) is 3.52. The number of hydrogen-bond donors (Lipinski definition) is 1. The SMILES string of the molecule is Cc1ccn(-c2ccc(=O)n(C3CNC3)n2)n1. The molecule has 6 heteroatoms. The second kappa shape index (κ2) is 3.81.